The first kappa shape index (κ1) is 22.8. The van der Waals surface area contributed by atoms with Gasteiger partial charge >= 0.3 is 0 Å². The van der Waals surface area contributed by atoms with Crippen LogP contribution in [0.1, 0.15) is 34.8 Å². The van der Waals surface area contributed by atoms with Crippen LogP contribution in [0.5, 0.6) is 0 Å². The highest BCUT2D eigenvalue weighted by atomic mass is 32.2. The molecular weight excluding hydrogens is 430 g/mol. The van der Waals surface area contributed by atoms with Gasteiger partial charge < -0.3 is 5.32 Å². The van der Waals surface area contributed by atoms with E-state index in [2.05, 4.69) is 27.8 Å². The molecule has 1 atom stereocenters. The van der Waals surface area contributed by atoms with Crippen molar-refractivity contribution in [3.8, 4) is 11.3 Å². The van der Waals surface area contributed by atoms with E-state index in [1.165, 1.54) is 23.8 Å². The highest BCUT2D eigenvalue weighted by molar-refractivity contribution is 7.83. The molecule has 0 radical (unpaired) electrons. The lowest BCUT2D eigenvalue weighted by molar-refractivity contribution is -0.118. The first-order chi connectivity index (χ1) is 14.9. The fraction of sp³-hybridized carbons (Fsp3) is 0.261. The molecule has 0 aliphatic heterocycles. The molecule has 2 N–H and O–H groups in total. The van der Waals surface area contributed by atoms with E-state index < -0.39 is 10.8 Å². The summed E-state index contributed by atoms with van der Waals surface area (Å²) in [6.07, 6.45) is 3.42. The Morgan fingerprint density at radius 1 is 1.10 bits per heavy atom. The molecule has 3 aromatic rings. The number of aromatic nitrogens is 1. The van der Waals surface area contributed by atoms with Crippen LogP contribution in [-0.2, 0) is 27.8 Å². The Hall–Kier alpha value is -2.84. The van der Waals surface area contributed by atoms with Crippen molar-refractivity contribution in [1.82, 2.24) is 10.3 Å². The van der Waals surface area contributed by atoms with Crippen molar-refractivity contribution in [1.29, 1.82) is 0 Å². The van der Waals surface area contributed by atoms with Gasteiger partial charge in [0.15, 0.2) is 5.13 Å². The molecule has 0 saturated heterocycles. The fourth-order valence-electron chi connectivity index (χ4n) is 3.07. The van der Waals surface area contributed by atoms with Gasteiger partial charge in [-0.1, -0.05) is 36.4 Å². The van der Waals surface area contributed by atoms with Gasteiger partial charge in [0.05, 0.1) is 5.69 Å². The summed E-state index contributed by atoms with van der Waals surface area (Å²) in [7, 11) is -0.959. The molecule has 31 heavy (non-hydrogen) atoms. The zero-order chi connectivity index (χ0) is 22.2. The van der Waals surface area contributed by atoms with Crippen LogP contribution in [0.15, 0.2) is 53.9 Å². The molecule has 0 saturated carbocycles. The molecule has 1 heterocycles. The van der Waals surface area contributed by atoms with Crippen molar-refractivity contribution >= 4 is 39.1 Å². The Labute approximate surface area is 188 Å². The molecule has 0 bridgehead atoms. The summed E-state index contributed by atoms with van der Waals surface area (Å²) in [6, 6.07) is 15.3. The number of nitrogens with one attached hydrogen (secondary N) is 2. The second-order valence-corrected chi connectivity index (χ2v) is 9.49. The van der Waals surface area contributed by atoms with Crippen molar-refractivity contribution < 1.29 is 13.8 Å². The van der Waals surface area contributed by atoms with E-state index in [1.54, 1.807) is 24.5 Å². The molecule has 3 rings (SSSR count). The molecule has 1 unspecified atom stereocenters. The number of hydrogen-bond acceptors (Lipinski definition) is 5. The summed E-state index contributed by atoms with van der Waals surface area (Å²) in [5.74, 6) is 0.178. The molecule has 162 valence electrons. The van der Waals surface area contributed by atoms with Crippen LogP contribution in [0, 0.1) is 0 Å². The van der Waals surface area contributed by atoms with Crippen molar-refractivity contribution in [3.63, 3.8) is 0 Å². The van der Waals surface area contributed by atoms with Crippen LogP contribution in [0.25, 0.3) is 11.3 Å². The van der Waals surface area contributed by atoms with Gasteiger partial charge in [0.25, 0.3) is 5.91 Å². The number of nitrogens with zero attached hydrogens (tertiary/aromatic N) is 1. The van der Waals surface area contributed by atoms with Gasteiger partial charge in [-0.25, -0.2) is 4.98 Å². The van der Waals surface area contributed by atoms with Crippen molar-refractivity contribution in [2.24, 2.45) is 0 Å². The van der Waals surface area contributed by atoms with Gasteiger partial charge in [0.2, 0.25) is 5.91 Å². The Morgan fingerprint density at radius 2 is 1.87 bits per heavy atom. The quantitative estimate of drug-likeness (QED) is 0.477. The Morgan fingerprint density at radius 3 is 2.58 bits per heavy atom. The van der Waals surface area contributed by atoms with Crippen molar-refractivity contribution in [2.75, 3.05) is 18.1 Å². The molecule has 1 aromatic heterocycles. The number of thiazole rings is 1. The van der Waals surface area contributed by atoms with E-state index in [1.807, 2.05) is 23.6 Å². The van der Waals surface area contributed by atoms with E-state index in [0.717, 1.165) is 29.7 Å². The van der Waals surface area contributed by atoms with Crippen LogP contribution in [-0.4, -0.2) is 33.8 Å². The van der Waals surface area contributed by atoms with Gasteiger partial charge in [0, 0.05) is 52.8 Å². The zero-order valence-electron chi connectivity index (χ0n) is 17.5. The van der Waals surface area contributed by atoms with E-state index in [0.29, 0.717) is 23.0 Å². The number of anilines is 1. The number of hydrogen-bond donors (Lipinski definition) is 2. The summed E-state index contributed by atoms with van der Waals surface area (Å²) in [6.45, 7) is 2.19. The highest BCUT2D eigenvalue weighted by Crippen LogP contribution is 2.26. The predicted octanol–water partition coefficient (Wildman–Crippen LogP) is 4.01. The lowest BCUT2D eigenvalue weighted by Crippen LogP contribution is -2.21. The second-order valence-electron chi connectivity index (χ2n) is 7.19. The molecule has 6 nitrogen and oxygen atoms in total. The molecule has 0 spiro atoms. The minimum atomic E-state index is -0.959. The van der Waals surface area contributed by atoms with Crippen molar-refractivity contribution in [3.05, 3.63) is 70.6 Å². The standard InChI is InChI=1S/C23H25N3O3S2/c1-16(27)24-12-4-6-17-8-10-19(11-9-17)21-14-30-23(25-21)26-22(28)20-7-3-5-18(13-20)15-31(2)29/h3,5,7-11,13-14H,4,6,12,15H2,1-2H3,(H,24,27)(H,25,26,28). The largest absolute Gasteiger partial charge is 0.356 e. The molecular formula is C23H25N3O3S2. The smallest absolute Gasteiger partial charge is 0.257 e. The first-order valence-corrected chi connectivity index (χ1v) is 12.5. The summed E-state index contributed by atoms with van der Waals surface area (Å²) in [5.41, 5.74) is 4.37. The number of aryl methyl sites for hydroxylation is 1. The normalized spacial score (nSPS) is 11.7. The van der Waals surface area contributed by atoms with Gasteiger partial charge in [0.1, 0.15) is 0 Å². The van der Waals surface area contributed by atoms with Gasteiger partial charge in [-0.05, 0) is 36.1 Å². The predicted molar refractivity (Wildman–Crippen MR) is 127 cm³/mol. The van der Waals surface area contributed by atoms with E-state index in [9.17, 15) is 13.8 Å². The summed E-state index contributed by atoms with van der Waals surface area (Å²) in [5, 5.41) is 8.09. The molecule has 0 aliphatic carbocycles. The minimum absolute atomic E-state index is 0.00753. The molecule has 2 amide bonds. The van der Waals surface area contributed by atoms with Crippen molar-refractivity contribution in [2.45, 2.75) is 25.5 Å². The topological polar surface area (TPSA) is 88.2 Å². The summed E-state index contributed by atoms with van der Waals surface area (Å²) < 4.78 is 11.4. The third-order valence-electron chi connectivity index (χ3n) is 4.55. The van der Waals surface area contributed by atoms with Crippen LogP contribution >= 0.6 is 11.3 Å². The third-order valence-corrected chi connectivity index (χ3v) is 6.05. The molecule has 2 aromatic carbocycles. The monoisotopic (exact) mass is 455 g/mol. The minimum Gasteiger partial charge on any atom is -0.356 e. The number of benzene rings is 2. The van der Waals surface area contributed by atoms with Crippen LogP contribution in [0.4, 0.5) is 5.13 Å². The summed E-state index contributed by atoms with van der Waals surface area (Å²) in [4.78, 5) is 28.0. The van der Waals surface area contributed by atoms with Crippen LogP contribution < -0.4 is 10.6 Å². The lowest BCUT2D eigenvalue weighted by atomic mass is 10.1. The maximum Gasteiger partial charge on any atom is 0.257 e. The third kappa shape index (κ3) is 7.11. The Bertz CT molecular complexity index is 1080. The van der Waals surface area contributed by atoms with Gasteiger partial charge in [-0.2, -0.15) is 0 Å². The van der Waals surface area contributed by atoms with Crippen LogP contribution in [0.2, 0.25) is 0 Å². The molecule has 0 fully saturated rings. The van der Waals surface area contributed by atoms with E-state index in [-0.39, 0.29) is 11.8 Å². The Balaban J connectivity index is 1.59. The maximum absolute atomic E-state index is 12.6. The average molecular weight is 456 g/mol. The molecule has 8 heteroatoms. The van der Waals surface area contributed by atoms with E-state index >= 15 is 0 Å². The van der Waals surface area contributed by atoms with Gasteiger partial charge in [-0.15, -0.1) is 11.3 Å². The number of amides is 2. The van der Waals surface area contributed by atoms with E-state index in [4.69, 9.17) is 0 Å². The highest BCUT2D eigenvalue weighted by Gasteiger charge is 2.11. The second kappa shape index (κ2) is 11.0. The lowest BCUT2D eigenvalue weighted by Gasteiger charge is -2.05. The number of carbonyl (C=O) groups is 2. The van der Waals surface area contributed by atoms with Crippen LogP contribution in [0.3, 0.4) is 0 Å². The van der Waals surface area contributed by atoms with Gasteiger partial charge in [-0.3, -0.25) is 19.1 Å². The zero-order valence-corrected chi connectivity index (χ0v) is 19.1. The summed E-state index contributed by atoms with van der Waals surface area (Å²) >= 11 is 1.37. The fourth-order valence-corrected chi connectivity index (χ4v) is 4.43. The number of carbonyl (C=O) groups excluding carboxylic acids is 2. The number of rotatable bonds is 9. The first-order valence-electron chi connectivity index (χ1n) is 9.90. The SMILES string of the molecule is CC(=O)NCCCc1ccc(-c2csc(NC(=O)c3cccc(CS(C)=O)c3)n2)cc1. The Kier molecular flexibility index (Phi) is 8.08. The average Bonchev–Trinajstić information content (AvgIpc) is 3.19. The maximum atomic E-state index is 12.6. The molecule has 0 aliphatic rings.